The van der Waals surface area contributed by atoms with E-state index < -0.39 is 5.97 Å². The fourth-order valence-electron chi connectivity index (χ4n) is 4.07. The predicted molar refractivity (Wildman–Crippen MR) is 131 cm³/mol. The van der Waals surface area contributed by atoms with Gasteiger partial charge >= 0.3 is 5.97 Å². The molecule has 168 valence electrons. The van der Waals surface area contributed by atoms with Crippen LogP contribution >= 0.6 is 0 Å². The van der Waals surface area contributed by atoms with Crippen molar-refractivity contribution in [3.63, 3.8) is 0 Å². The minimum Gasteiger partial charge on any atom is -0.489 e. The molecular weight excluding hydrogens is 412 g/mol. The Morgan fingerprint density at radius 2 is 1.85 bits per heavy atom. The lowest BCUT2D eigenvalue weighted by molar-refractivity contribution is -0.137. The summed E-state index contributed by atoms with van der Waals surface area (Å²) >= 11 is 0. The molecule has 1 heterocycles. The number of carboxylic acids is 1. The fourth-order valence-corrected chi connectivity index (χ4v) is 4.07. The van der Waals surface area contributed by atoms with Crippen LogP contribution in [0.5, 0.6) is 5.75 Å². The Hall–Kier alpha value is -3.86. The molecule has 4 aromatic rings. The average Bonchev–Trinajstić information content (AvgIpc) is 3.21. The second kappa shape index (κ2) is 10.2. The van der Waals surface area contributed by atoms with Gasteiger partial charge in [-0.1, -0.05) is 60.7 Å². The van der Waals surface area contributed by atoms with Crippen molar-refractivity contribution in [1.82, 2.24) is 9.78 Å². The van der Waals surface area contributed by atoms with Gasteiger partial charge in [-0.3, -0.25) is 9.48 Å². The number of carboxylic acid groups (broad SMARTS) is 1. The van der Waals surface area contributed by atoms with Crippen molar-refractivity contribution in [2.75, 3.05) is 0 Å². The van der Waals surface area contributed by atoms with Crippen LogP contribution in [0.15, 0.2) is 85.1 Å². The molecule has 33 heavy (non-hydrogen) atoms. The van der Waals surface area contributed by atoms with E-state index in [4.69, 9.17) is 14.9 Å². The number of aromatic nitrogens is 2. The predicted octanol–water partition coefficient (Wildman–Crippen LogP) is 6.11. The smallest absolute Gasteiger partial charge is 0.304 e. The summed E-state index contributed by atoms with van der Waals surface area (Å²) in [7, 11) is 0. The molecule has 0 saturated heterocycles. The molecule has 0 aliphatic rings. The Kier molecular flexibility index (Phi) is 6.89. The second-order valence-corrected chi connectivity index (χ2v) is 8.25. The lowest BCUT2D eigenvalue weighted by atomic mass is 9.95. The number of ether oxygens (including phenoxy) is 1. The molecule has 0 aliphatic carbocycles. The molecule has 0 unspecified atom stereocenters. The summed E-state index contributed by atoms with van der Waals surface area (Å²) in [6.07, 6.45) is 5.96. The Morgan fingerprint density at radius 1 is 1.09 bits per heavy atom. The number of hydrogen-bond acceptors (Lipinski definition) is 3. The van der Waals surface area contributed by atoms with Crippen molar-refractivity contribution < 1.29 is 14.6 Å². The lowest BCUT2D eigenvalue weighted by Gasteiger charge is -2.12. The number of aryl methyl sites for hydroxylation is 1. The van der Waals surface area contributed by atoms with Crippen LogP contribution < -0.4 is 4.74 Å². The first-order valence-electron chi connectivity index (χ1n) is 11.1. The fraction of sp³-hybridized carbons (Fsp3) is 0.214. The maximum Gasteiger partial charge on any atom is 0.304 e. The van der Waals surface area contributed by atoms with Gasteiger partial charge in [0.15, 0.2) is 0 Å². The average molecular weight is 441 g/mol. The third-order valence-corrected chi connectivity index (χ3v) is 5.63. The van der Waals surface area contributed by atoms with Crippen molar-refractivity contribution in [3.8, 4) is 5.75 Å². The molecule has 0 saturated carbocycles. The Morgan fingerprint density at radius 3 is 2.55 bits per heavy atom. The number of fused-ring (bicyclic) bond motifs is 1. The van der Waals surface area contributed by atoms with E-state index in [1.54, 1.807) is 0 Å². The number of hydrogen-bond donors (Lipinski definition) is 1. The third kappa shape index (κ3) is 5.69. The molecule has 5 heteroatoms. The van der Waals surface area contributed by atoms with Gasteiger partial charge in [0.25, 0.3) is 0 Å². The highest BCUT2D eigenvalue weighted by Gasteiger charge is 2.13. The molecule has 1 N–H and O–H groups in total. The minimum atomic E-state index is -0.809. The summed E-state index contributed by atoms with van der Waals surface area (Å²) in [6, 6.07) is 22.2. The van der Waals surface area contributed by atoms with Gasteiger partial charge in [0, 0.05) is 17.5 Å². The van der Waals surface area contributed by atoms with Gasteiger partial charge in [-0.25, -0.2) is 0 Å². The van der Waals surface area contributed by atoms with Crippen molar-refractivity contribution >= 4 is 16.9 Å². The van der Waals surface area contributed by atoms with Crippen LogP contribution in [-0.4, -0.2) is 20.9 Å². The highest BCUT2D eigenvalue weighted by Crippen LogP contribution is 2.25. The van der Waals surface area contributed by atoms with Crippen LogP contribution in [0.1, 0.15) is 41.5 Å². The number of aliphatic carboxylic acids is 1. The topological polar surface area (TPSA) is 64.3 Å². The second-order valence-electron chi connectivity index (χ2n) is 8.25. The summed E-state index contributed by atoms with van der Waals surface area (Å²) in [6.45, 7) is 5.16. The molecule has 0 fully saturated rings. The standard InChI is InChI=1S/C28H28N2O3/c1-3-7-24(16-27(31)32)23-10-12-26(13-11-23)33-19-22-14-20(2)28-25(15-22)18-30(29-28)17-21-8-5-4-6-9-21/h3-15,18,24H,16-17,19H2,1-2H3,(H,31,32)/t24-/m1/s1. The molecule has 1 aromatic heterocycles. The van der Waals surface area contributed by atoms with E-state index >= 15 is 0 Å². The number of rotatable bonds is 9. The highest BCUT2D eigenvalue weighted by molar-refractivity contribution is 5.82. The Labute approximate surface area is 193 Å². The third-order valence-electron chi connectivity index (χ3n) is 5.63. The number of benzene rings is 3. The van der Waals surface area contributed by atoms with Crippen LogP contribution in [-0.2, 0) is 17.9 Å². The molecule has 5 nitrogen and oxygen atoms in total. The normalized spacial score (nSPS) is 12.3. The number of allylic oxidation sites excluding steroid dienone is 2. The van der Waals surface area contributed by atoms with E-state index in [1.807, 2.05) is 66.2 Å². The zero-order chi connectivity index (χ0) is 23.2. The summed E-state index contributed by atoms with van der Waals surface area (Å²) in [5, 5.41) is 15.0. The van der Waals surface area contributed by atoms with Crippen molar-refractivity contribution in [3.05, 3.63) is 107 Å². The lowest BCUT2D eigenvalue weighted by Crippen LogP contribution is -2.04. The highest BCUT2D eigenvalue weighted by atomic mass is 16.5. The van der Waals surface area contributed by atoms with E-state index in [0.29, 0.717) is 6.61 Å². The molecule has 0 bridgehead atoms. The molecule has 3 aromatic carbocycles. The van der Waals surface area contributed by atoms with Gasteiger partial charge in [-0.2, -0.15) is 5.10 Å². The Balaban J connectivity index is 1.45. The van der Waals surface area contributed by atoms with E-state index in [2.05, 4.69) is 37.4 Å². The molecule has 0 radical (unpaired) electrons. The quantitative estimate of drug-likeness (QED) is 0.319. The molecule has 0 amide bonds. The zero-order valence-electron chi connectivity index (χ0n) is 18.9. The monoisotopic (exact) mass is 440 g/mol. The van der Waals surface area contributed by atoms with E-state index in [9.17, 15) is 4.79 Å². The van der Waals surface area contributed by atoms with Crippen molar-refractivity contribution in [1.29, 1.82) is 0 Å². The van der Waals surface area contributed by atoms with Gasteiger partial charge in [-0.05, 0) is 54.3 Å². The van der Waals surface area contributed by atoms with Crippen molar-refractivity contribution in [2.24, 2.45) is 0 Å². The largest absolute Gasteiger partial charge is 0.489 e. The maximum atomic E-state index is 11.1. The summed E-state index contributed by atoms with van der Waals surface area (Å²) in [5.74, 6) is -0.193. The minimum absolute atomic E-state index is 0.0712. The van der Waals surface area contributed by atoms with Gasteiger partial charge < -0.3 is 9.84 Å². The first-order valence-corrected chi connectivity index (χ1v) is 11.1. The van der Waals surface area contributed by atoms with Gasteiger partial charge in [0.2, 0.25) is 0 Å². The SMILES string of the molecule is CC=C[C@H](CC(=O)O)c1ccc(OCc2cc(C)c3nn(Cc4ccccc4)cc3c2)cc1. The van der Waals surface area contributed by atoms with E-state index in [1.165, 1.54) is 5.56 Å². The summed E-state index contributed by atoms with van der Waals surface area (Å²) < 4.78 is 7.99. The summed E-state index contributed by atoms with van der Waals surface area (Å²) in [4.78, 5) is 11.1. The molecule has 1 atom stereocenters. The Bertz CT molecular complexity index is 1260. The van der Waals surface area contributed by atoms with Crippen LogP contribution in [0, 0.1) is 6.92 Å². The molecule has 4 rings (SSSR count). The number of carbonyl (C=O) groups is 1. The molecule has 0 aliphatic heterocycles. The van der Waals surface area contributed by atoms with Crippen LogP contribution in [0.25, 0.3) is 10.9 Å². The van der Waals surface area contributed by atoms with Gasteiger partial charge in [0.05, 0.1) is 18.5 Å². The van der Waals surface area contributed by atoms with Crippen LogP contribution in [0.2, 0.25) is 0 Å². The molecular formula is C28H28N2O3. The van der Waals surface area contributed by atoms with E-state index in [0.717, 1.165) is 39.9 Å². The van der Waals surface area contributed by atoms with Crippen LogP contribution in [0.4, 0.5) is 0 Å². The number of nitrogens with zero attached hydrogens (tertiary/aromatic N) is 2. The van der Waals surface area contributed by atoms with Crippen molar-refractivity contribution in [2.45, 2.75) is 39.3 Å². The van der Waals surface area contributed by atoms with Crippen LogP contribution in [0.3, 0.4) is 0 Å². The summed E-state index contributed by atoms with van der Waals surface area (Å²) in [5.41, 5.74) is 5.39. The first-order chi connectivity index (χ1) is 16.0. The van der Waals surface area contributed by atoms with Gasteiger partial charge in [-0.15, -0.1) is 0 Å². The first kappa shape index (κ1) is 22.3. The van der Waals surface area contributed by atoms with E-state index in [-0.39, 0.29) is 12.3 Å². The zero-order valence-corrected chi connectivity index (χ0v) is 18.9. The molecule has 0 spiro atoms. The van der Waals surface area contributed by atoms with Gasteiger partial charge in [0.1, 0.15) is 12.4 Å². The maximum absolute atomic E-state index is 11.1.